The number of ether oxygens (including phenoxy) is 1. The molecule has 2 saturated heterocycles. The van der Waals surface area contributed by atoms with E-state index in [-0.39, 0.29) is 12.1 Å². The first-order valence-corrected chi connectivity index (χ1v) is 8.21. The van der Waals surface area contributed by atoms with E-state index in [0.717, 1.165) is 26.0 Å². The molecule has 1 aliphatic carbocycles. The normalized spacial score (nSPS) is 31.8. The lowest BCUT2D eigenvalue weighted by atomic mass is 10.0. The van der Waals surface area contributed by atoms with Gasteiger partial charge in [-0.3, -0.25) is 4.90 Å². The number of rotatable bonds is 3. The molecule has 5 heteroatoms. The largest absolute Gasteiger partial charge is 0.373 e. The third-order valence-electron chi connectivity index (χ3n) is 4.89. The highest BCUT2D eigenvalue weighted by molar-refractivity contribution is 5.74. The SMILES string of the molecule is O=C(NCC1CN2CCCCC2CO1)NC1CCCC1. The van der Waals surface area contributed by atoms with E-state index in [1.807, 2.05) is 0 Å². The highest BCUT2D eigenvalue weighted by Gasteiger charge is 2.30. The second-order valence-electron chi connectivity index (χ2n) is 6.44. The second kappa shape index (κ2) is 6.76. The van der Waals surface area contributed by atoms with Crippen molar-refractivity contribution in [1.82, 2.24) is 15.5 Å². The van der Waals surface area contributed by atoms with Crippen molar-refractivity contribution in [3.8, 4) is 0 Å². The Hall–Kier alpha value is -0.810. The van der Waals surface area contributed by atoms with Gasteiger partial charge in [0, 0.05) is 25.2 Å². The van der Waals surface area contributed by atoms with Crippen LogP contribution in [0.1, 0.15) is 44.9 Å². The summed E-state index contributed by atoms with van der Waals surface area (Å²) in [4.78, 5) is 14.4. The predicted molar refractivity (Wildman–Crippen MR) is 77.7 cm³/mol. The van der Waals surface area contributed by atoms with Crippen molar-refractivity contribution >= 4 is 6.03 Å². The number of amides is 2. The molecule has 0 radical (unpaired) electrons. The minimum absolute atomic E-state index is 0.0266. The van der Waals surface area contributed by atoms with Crippen LogP contribution < -0.4 is 10.6 Å². The molecule has 2 heterocycles. The Bertz CT molecular complexity index is 331. The molecular formula is C15H27N3O2. The van der Waals surface area contributed by atoms with E-state index in [4.69, 9.17) is 4.74 Å². The minimum Gasteiger partial charge on any atom is -0.373 e. The van der Waals surface area contributed by atoms with E-state index in [0.29, 0.717) is 18.6 Å². The highest BCUT2D eigenvalue weighted by atomic mass is 16.5. The molecule has 1 saturated carbocycles. The molecule has 0 aromatic carbocycles. The number of morpholine rings is 1. The van der Waals surface area contributed by atoms with Gasteiger partial charge in [-0.15, -0.1) is 0 Å². The topological polar surface area (TPSA) is 53.6 Å². The molecule has 20 heavy (non-hydrogen) atoms. The molecule has 3 aliphatic rings. The number of nitrogens with zero attached hydrogens (tertiary/aromatic N) is 1. The number of piperidine rings is 1. The van der Waals surface area contributed by atoms with Crippen LogP contribution in [0, 0.1) is 0 Å². The molecule has 2 unspecified atom stereocenters. The van der Waals surface area contributed by atoms with Gasteiger partial charge in [0.05, 0.1) is 12.7 Å². The van der Waals surface area contributed by atoms with E-state index < -0.39 is 0 Å². The van der Waals surface area contributed by atoms with Gasteiger partial charge < -0.3 is 15.4 Å². The van der Waals surface area contributed by atoms with Crippen LogP contribution in [0.25, 0.3) is 0 Å². The summed E-state index contributed by atoms with van der Waals surface area (Å²) < 4.78 is 5.88. The van der Waals surface area contributed by atoms with Crippen molar-refractivity contribution < 1.29 is 9.53 Å². The summed E-state index contributed by atoms with van der Waals surface area (Å²) in [6, 6.07) is 0.974. The monoisotopic (exact) mass is 281 g/mol. The number of nitrogens with one attached hydrogen (secondary N) is 2. The van der Waals surface area contributed by atoms with Crippen molar-refractivity contribution in [2.24, 2.45) is 0 Å². The molecule has 2 amide bonds. The average Bonchev–Trinajstić information content (AvgIpc) is 2.98. The fraction of sp³-hybridized carbons (Fsp3) is 0.933. The summed E-state index contributed by atoms with van der Waals surface area (Å²) in [5.74, 6) is 0. The molecule has 3 fully saturated rings. The van der Waals surface area contributed by atoms with Gasteiger partial charge >= 0.3 is 6.03 Å². The van der Waals surface area contributed by atoms with Crippen LogP contribution in [-0.2, 0) is 4.74 Å². The quantitative estimate of drug-likeness (QED) is 0.824. The maximum atomic E-state index is 11.8. The number of carbonyl (C=O) groups is 1. The van der Waals surface area contributed by atoms with E-state index in [1.165, 1.54) is 38.6 Å². The molecule has 3 rings (SSSR count). The fourth-order valence-electron chi connectivity index (χ4n) is 3.69. The van der Waals surface area contributed by atoms with Crippen LogP contribution in [0.3, 0.4) is 0 Å². The Kier molecular flexibility index (Phi) is 4.78. The summed E-state index contributed by atoms with van der Waals surface area (Å²) in [6.45, 7) is 3.62. The van der Waals surface area contributed by atoms with Gasteiger partial charge in [-0.05, 0) is 32.2 Å². The van der Waals surface area contributed by atoms with E-state index in [1.54, 1.807) is 0 Å². The Labute approximate surface area is 121 Å². The van der Waals surface area contributed by atoms with E-state index >= 15 is 0 Å². The predicted octanol–water partition coefficient (Wildman–Crippen LogP) is 1.48. The zero-order chi connectivity index (χ0) is 13.8. The van der Waals surface area contributed by atoms with Gasteiger partial charge in [0.15, 0.2) is 0 Å². The Balaban J connectivity index is 1.36. The molecule has 0 bridgehead atoms. The summed E-state index contributed by atoms with van der Waals surface area (Å²) in [5.41, 5.74) is 0. The van der Waals surface area contributed by atoms with Crippen molar-refractivity contribution in [3.63, 3.8) is 0 Å². The molecule has 2 atom stereocenters. The number of carbonyl (C=O) groups excluding carboxylic acids is 1. The van der Waals surface area contributed by atoms with Gasteiger partial charge in [0.25, 0.3) is 0 Å². The number of hydrogen-bond donors (Lipinski definition) is 2. The third-order valence-corrected chi connectivity index (χ3v) is 4.89. The highest BCUT2D eigenvalue weighted by Crippen LogP contribution is 2.22. The van der Waals surface area contributed by atoms with Crippen LogP contribution in [0.5, 0.6) is 0 Å². The van der Waals surface area contributed by atoms with E-state index in [9.17, 15) is 4.79 Å². The van der Waals surface area contributed by atoms with Crippen LogP contribution in [0.2, 0.25) is 0 Å². The number of urea groups is 1. The summed E-state index contributed by atoms with van der Waals surface area (Å²) in [6.07, 6.45) is 8.79. The lowest BCUT2D eigenvalue weighted by molar-refractivity contribution is -0.0723. The molecule has 0 aromatic heterocycles. The molecular weight excluding hydrogens is 254 g/mol. The minimum atomic E-state index is -0.0266. The van der Waals surface area contributed by atoms with Gasteiger partial charge in [0.2, 0.25) is 0 Å². The lowest BCUT2D eigenvalue weighted by Crippen LogP contribution is -2.55. The zero-order valence-corrected chi connectivity index (χ0v) is 12.3. The summed E-state index contributed by atoms with van der Waals surface area (Å²) in [5, 5.41) is 6.03. The van der Waals surface area contributed by atoms with Gasteiger partial charge in [-0.25, -0.2) is 4.79 Å². The standard InChI is InChI=1S/C15H27N3O2/c19-15(17-12-5-1-2-6-12)16-9-14-10-18-8-4-3-7-13(18)11-20-14/h12-14H,1-11H2,(H2,16,17,19). The second-order valence-corrected chi connectivity index (χ2v) is 6.44. The molecule has 2 N–H and O–H groups in total. The number of fused-ring (bicyclic) bond motifs is 1. The first kappa shape index (κ1) is 14.1. The lowest BCUT2D eigenvalue weighted by Gasteiger charge is -2.42. The van der Waals surface area contributed by atoms with Gasteiger partial charge in [-0.2, -0.15) is 0 Å². The van der Waals surface area contributed by atoms with Crippen molar-refractivity contribution in [2.45, 2.75) is 63.1 Å². The van der Waals surface area contributed by atoms with Crippen LogP contribution in [0.15, 0.2) is 0 Å². The molecule has 5 nitrogen and oxygen atoms in total. The van der Waals surface area contributed by atoms with Crippen molar-refractivity contribution in [3.05, 3.63) is 0 Å². The number of hydrogen-bond acceptors (Lipinski definition) is 3. The first-order valence-electron chi connectivity index (χ1n) is 8.21. The fourth-order valence-corrected chi connectivity index (χ4v) is 3.69. The molecule has 114 valence electrons. The average molecular weight is 281 g/mol. The van der Waals surface area contributed by atoms with Gasteiger partial charge in [0.1, 0.15) is 0 Å². The molecule has 0 aromatic rings. The smallest absolute Gasteiger partial charge is 0.315 e. The van der Waals surface area contributed by atoms with Crippen LogP contribution in [0.4, 0.5) is 4.79 Å². The Morgan fingerprint density at radius 1 is 1.15 bits per heavy atom. The summed E-state index contributed by atoms with van der Waals surface area (Å²) >= 11 is 0. The van der Waals surface area contributed by atoms with Gasteiger partial charge in [-0.1, -0.05) is 19.3 Å². The van der Waals surface area contributed by atoms with Crippen molar-refractivity contribution in [2.75, 3.05) is 26.2 Å². The third kappa shape index (κ3) is 3.64. The van der Waals surface area contributed by atoms with Crippen LogP contribution >= 0.6 is 0 Å². The Morgan fingerprint density at radius 2 is 1.95 bits per heavy atom. The maximum absolute atomic E-state index is 11.8. The maximum Gasteiger partial charge on any atom is 0.315 e. The van der Waals surface area contributed by atoms with E-state index in [2.05, 4.69) is 15.5 Å². The summed E-state index contributed by atoms with van der Waals surface area (Å²) in [7, 11) is 0. The molecule has 2 aliphatic heterocycles. The van der Waals surface area contributed by atoms with Crippen LogP contribution in [-0.4, -0.2) is 55.4 Å². The first-order chi connectivity index (χ1) is 9.81. The molecule has 0 spiro atoms. The van der Waals surface area contributed by atoms with Crippen molar-refractivity contribution in [1.29, 1.82) is 0 Å². The Morgan fingerprint density at radius 3 is 2.80 bits per heavy atom. The zero-order valence-electron chi connectivity index (χ0n) is 12.3.